The van der Waals surface area contributed by atoms with Crippen molar-refractivity contribution >= 4 is 44.1 Å². The third-order valence-electron chi connectivity index (χ3n) is 4.04. The Labute approximate surface area is 133 Å². The molecule has 0 amide bonds. The number of anilines is 1. The van der Waals surface area contributed by atoms with Gasteiger partial charge in [0.25, 0.3) is 0 Å². The number of rotatable bonds is 4. The second-order valence-corrected chi connectivity index (χ2v) is 6.54. The first-order valence-electron chi connectivity index (χ1n) is 7.16. The Kier molecular flexibility index (Phi) is 4.47. The zero-order valence-electron chi connectivity index (χ0n) is 11.4. The van der Waals surface area contributed by atoms with Gasteiger partial charge < -0.3 is 4.90 Å². The summed E-state index contributed by atoms with van der Waals surface area (Å²) in [7, 11) is 0. The molecule has 2 nitrogen and oxygen atoms in total. The third-order valence-corrected chi connectivity index (χ3v) is 4.84. The van der Waals surface area contributed by atoms with E-state index in [4.69, 9.17) is 11.6 Å². The number of pyridine rings is 1. The van der Waals surface area contributed by atoms with Gasteiger partial charge >= 0.3 is 0 Å². The van der Waals surface area contributed by atoms with Gasteiger partial charge in [0, 0.05) is 40.2 Å². The molecule has 2 heterocycles. The molecule has 3 rings (SSSR count). The molecule has 1 fully saturated rings. The van der Waals surface area contributed by atoms with Crippen LogP contribution in [0, 0.1) is 0 Å². The molecule has 1 aliphatic heterocycles. The number of halogens is 2. The topological polar surface area (TPSA) is 16.1 Å². The summed E-state index contributed by atoms with van der Waals surface area (Å²) in [5, 5.41) is 3.05. The number of alkyl halides is 1. The molecule has 20 heavy (non-hydrogen) atoms. The van der Waals surface area contributed by atoms with Crippen molar-refractivity contribution in [3.8, 4) is 0 Å². The van der Waals surface area contributed by atoms with Crippen molar-refractivity contribution in [2.24, 2.45) is 0 Å². The van der Waals surface area contributed by atoms with Gasteiger partial charge in [-0.25, -0.2) is 0 Å². The first kappa shape index (κ1) is 14.2. The highest BCUT2D eigenvalue weighted by atomic mass is 79.9. The summed E-state index contributed by atoms with van der Waals surface area (Å²) < 4.78 is 0. The van der Waals surface area contributed by atoms with Crippen LogP contribution in [-0.4, -0.2) is 22.9 Å². The number of aromatic nitrogens is 1. The van der Waals surface area contributed by atoms with E-state index in [1.165, 1.54) is 36.8 Å². The van der Waals surface area contributed by atoms with Crippen molar-refractivity contribution in [1.29, 1.82) is 0 Å². The van der Waals surface area contributed by atoms with Gasteiger partial charge in [-0.3, -0.25) is 4.98 Å². The molecule has 0 bridgehead atoms. The summed E-state index contributed by atoms with van der Waals surface area (Å²) in [4.78, 5) is 7.00. The SMILES string of the molecule is Clc1ccc2c(N3CCCC3CCCBr)ccnc2c1. The van der Waals surface area contributed by atoms with Gasteiger partial charge in [0.05, 0.1) is 5.52 Å². The molecule has 1 saturated heterocycles. The Morgan fingerprint density at radius 3 is 3.10 bits per heavy atom. The fourth-order valence-electron chi connectivity index (χ4n) is 3.12. The predicted octanol–water partition coefficient (Wildman–Crippen LogP) is 5.03. The zero-order valence-corrected chi connectivity index (χ0v) is 13.7. The van der Waals surface area contributed by atoms with Crippen LogP contribution in [0.4, 0.5) is 5.69 Å². The largest absolute Gasteiger partial charge is 0.368 e. The Hall–Kier alpha value is -0.800. The first-order valence-corrected chi connectivity index (χ1v) is 8.66. The lowest BCUT2D eigenvalue weighted by atomic mass is 10.1. The minimum Gasteiger partial charge on any atom is -0.368 e. The van der Waals surface area contributed by atoms with E-state index in [0.717, 1.165) is 22.4 Å². The zero-order chi connectivity index (χ0) is 13.9. The van der Waals surface area contributed by atoms with E-state index in [1.54, 1.807) is 0 Å². The molecule has 0 N–H and O–H groups in total. The Balaban J connectivity index is 1.96. The molecule has 1 aromatic heterocycles. The number of benzene rings is 1. The van der Waals surface area contributed by atoms with Gasteiger partial charge in [0.1, 0.15) is 0 Å². The second kappa shape index (κ2) is 6.31. The summed E-state index contributed by atoms with van der Waals surface area (Å²) in [5.74, 6) is 0. The molecule has 106 valence electrons. The van der Waals surface area contributed by atoms with E-state index in [0.29, 0.717) is 6.04 Å². The van der Waals surface area contributed by atoms with Crippen LogP contribution in [0.1, 0.15) is 25.7 Å². The van der Waals surface area contributed by atoms with Crippen LogP contribution in [-0.2, 0) is 0 Å². The second-order valence-electron chi connectivity index (χ2n) is 5.31. The molecule has 0 saturated carbocycles. The molecular weight excluding hydrogens is 336 g/mol. The van der Waals surface area contributed by atoms with Gasteiger partial charge in [-0.15, -0.1) is 0 Å². The molecule has 0 spiro atoms. The Morgan fingerprint density at radius 2 is 2.25 bits per heavy atom. The van der Waals surface area contributed by atoms with Crippen molar-refractivity contribution in [1.82, 2.24) is 4.98 Å². The Morgan fingerprint density at radius 1 is 1.35 bits per heavy atom. The van der Waals surface area contributed by atoms with E-state index in [1.807, 2.05) is 18.3 Å². The van der Waals surface area contributed by atoms with E-state index < -0.39 is 0 Å². The molecule has 1 aromatic carbocycles. The number of hydrogen-bond donors (Lipinski definition) is 0. The van der Waals surface area contributed by atoms with Crippen LogP contribution >= 0.6 is 27.5 Å². The summed E-state index contributed by atoms with van der Waals surface area (Å²) in [6, 6.07) is 8.80. The quantitative estimate of drug-likeness (QED) is 0.716. The average molecular weight is 354 g/mol. The maximum absolute atomic E-state index is 6.07. The van der Waals surface area contributed by atoms with Crippen molar-refractivity contribution in [3.05, 3.63) is 35.5 Å². The van der Waals surface area contributed by atoms with Crippen molar-refractivity contribution in [2.45, 2.75) is 31.7 Å². The van der Waals surface area contributed by atoms with Crippen molar-refractivity contribution in [2.75, 3.05) is 16.8 Å². The van der Waals surface area contributed by atoms with Crippen LogP contribution in [0.15, 0.2) is 30.5 Å². The molecule has 0 radical (unpaired) electrons. The van der Waals surface area contributed by atoms with E-state index in [2.05, 4.69) is 37.9 Å². The van der Waals surface area contributed by atoms with Crippen LogP contribution in [0.3, 0.4) is 0 Å². The lowest BCUT2D eigenvalue weighted by Gasteiger charge is -2.28. The molecule has 2 aromatic rings. The first-order chi connectivity index (χ1) is 9.79. The smallest absolute Gasteiger partial charge is 0.0737 e. The molecule has 1 unspecified atom stereocenters. The summed E-state index contributed by atoms with van der Waals surface area (Å²) >= 11 is 9.61. The molecule has 1 atom stereocenters. The summed E-state index contributed by atoms with van der Waals surface area (Å²) in [6.45, 7) is 1.15. The van der Waals surface area contributed by atoms with E-state index >= 15 is 0 Å². The predicted molar refractivity (Wildman–Crippen MR) is 90.1 cm³/mol. The maximum atomic E-state index is 6.07. The van der Waals surface area contributed by atoms with Crippen LogP contribution in [0.2, 0.25) is 5.02 Å². The maximum Gasteiger partial charge on any atom is 0.0737 e. The Bertz CT molecular complexity index is 602. The highest BCUT2D eigenvalue weighted by Gasteiger charge is 2.25. The molecule has 1 aliphatic rings. The number of hydrogen-bond acceptors (Lipinski definition) is 2. The van der Waals surface area contributed by atoms with E-state index in [9.17, 15) is 0 Å². The fourth-order valence-corrected chi connectivity index (χ4v) is 3.61. The lowest BCUT2D eigenvalue weighted by Crippen LogP contribution is -2.29. The van der Waals surface area contributed by atoms with Gasteiger partial charge in [-0.1, -0.05) is 27.5 Å². The highest BCUT2D eigenvalue weighted by molar-refractivity contribution is 9.09. The van der Waals surface area contributed by atoms with Crippen molar-refractivity contribution < 1.29 is 0 Å². The van der Waals surface area contributed by atoms with Crippen LogP contribution < -0.4 is 4.90 Å². The van der Waals surface area contributed by atoms with Gasteiger partial charge in [-0.05, 0) is 49.9 Å². The summed E-state index contributed by atoms with van der Waals surface area (Å²) in [5.41, 5.74) is 2.30. The lowest BCUT2D eigenvalue weighted by molar-refractivity contribution is 0.605. The summed E-state index contributed by atoms with van der Waals surface area (Å²) in [6.07, 6.45) is 6.96. The standard InChI is InChI=1S/C16H18BrClN2/c17-8-1-3-13-4-2-10-20(13)16-7-9-19-15-11-12(18)5-6-14(15)16/h5-7,9,11,13H,1-4,8,10H2. The molecular formula is C16H18BrClN2. The fraction of sp³-hybridized carbons (Fsp3) is 0.438. The van der Waals surface area contributed by atoms with Crippen LogP contribution in [0.5, 0.6) is 0 Å². The van der Waals surface area contributed by atoms with Crippen LogP contribution in [0.25, 0.3) is 10.9 Å². The van der Waals surface area contributed by atoms with Gasteiger partial charge in [-0.2, -0.15) is 0 Å². The number of nitrogens with zero attached hydrogens (tertiary/aromatic N) is 2. The third kappa shape index (κ3) is 2.79. The number of fused-ring (bicyclic) bond motifs is 1. The van der Waals surface area contributed by atoms with E-state index in [-0.39, 0.29) is 0 Å². The average Bonchev–Trinajstić information content (AvgIpc) is 2.92. The molecule has 0 aliphatic carbocycles. The monoisotopic (exact) mass is 352 g/mol. The van der Waals surface area contributed by atoms with Crippen molar-refractivity contribution in [3.63, 3.8) is 0 Å². The van der Waals surface area contributed by atoms with Gasteiger partial charge in [0.15, 0.2) is 0 Å². The minimum atomic E-state index is 0.661. The normalized spacial score (nSPS) is 18.9. The van der Waals surface area contributed by atoms with Gasteiger partial charge in [0.2, 0.25) is 0 Å². The highest BCUT2D eigenvalue weighted by Crippen LogP contribution is 2.33. The molecule has 4 heteroatoms. The minimum absolute atomic E-state index is 0.661.